The molecule has 1 heterocycles. The Balaban J connectivity index is 1.36. The van der Waals surface area contributed by atoms with Crippen molar-refractivity contribution in [3.8, 4) is 16.3 Å². The summed E-state index contributed by atoms with van der Waals surface area (Å²) in [5.41, 5.74) is 2.80. The van der Waals surface area contributed by atoms with Crippen LogP contribution in [0.3, 0.4) is 0 Å². The van der Waals surface area contributed by atoms with E-state index >= 15 is 0 Å². The Morgan fingerprint density at radius 2 is 1.76 bits per heavy atom. The fourth-order valence-corrected chi connectivity index (χ4v) is 7.17. The number of benzene rings is 3. The molecule has 1 aliphatic carbocycles. The van der Waals surface area contributed by atoms with Crippen molar-refractivity contribution in [2.75, 3.05) is 11.8 Å². The maximum Gasteiger partial charge on any atom is 0.335 e. The summed E-state index contributed by atoms with van der Waals surface area (Å²) in [6.07, 6.45) is 4.94. The highest BCUT2D eigenvalue weighted by molar-refractivity contribution is 7.92. The monoisotopic (exact) mass is 550 g/mol. The van der Waals surface area contributed by atoms with E-state index < -0.39 is 16.0 Å². The lowest BCUT2D eigenvalue weighted by atomic mass is 9.71. The van der Waals surface area contributed by atoms with E-state index in [0.717, 1.165) is 10.9 Å². The minimum Gasteiger partial charge on any atom is -0.495 e. The molecule has 0 amide bonds. The van der Waals surface area contributed by atoms with Crippen LogP contribution >= 0.6 is 11.3 Å². The van der Waals surface area contributed by atoms with Crippen molar-refractivity contribution in [2.45, 2.75) is 50.5 Å². The Kier molecular flexibility index (Phi) is 6.92. The number of ether oxygens (including phenoxy) is 1. The van der Waals surface area contributed by atoms with Crippen LogP contribution in [0.1, 0.15) is 61.4 Å². The van der Waals surface area contributed by atoms with Gasteiger partial charge in [0, 0.05) is 10.9 Å². The second-order valence-corrected chi connectivity index (χ2v) is 13.1. The number of sulfonamides is 1. The molecular weight excluding hydrogens is 520 g/mol. The number of anilines is 1. The zero-order chi connectivity index (χ0) is 27.1. The minimum atomic E-state index is -4.01. The van der Waals surface area contributed by atoms with Gasteiger partial charge in [0.25, 0.3) is 10.0 Å². The van der Waals surface area contributed by atoms with Crippen molar-refractivity contribution < 1.29 is 23.1 Å². The van der Waals surface area contributed by atoms with Gasteiger partial charge in [-0.15, -0.1) is 11.3 Å². The van der Waals surface area contributed by atoms with Gasteiger partial charge in [0.05, 0.1) is 18.4 Å². The lowest BCUT2D eigenvalue weighted by Crippen LogP contribution is -2.20. The Labute approximate surface area is 226 Å². The molecule has 1 aliphatic rings. The maximum absolute atomic E-state index is 13.0. The predicted octanol–water partition coefficient (Wildman–Crippen LogP) is 7.15. The first-order chi connectivity index (χ1) is 18.0. The normalized spacial score (nSPS) is 15.9. The van der Waals surface area contributed by atoms with Crippen molar-refractivity contribution in [3.05, 3.63) is 71.1 Å². The summed E-state index contributed by atoms with van der Waals surface area (Å²) in [5.74, 6) is -0.425. The van der Waals surface area contributed by atoms with Gasteiger partial charge < -0.3 is 9.84 Å². The molecule has 1 saturated carbocycles. The first kappa shape index (κ1) is 26.2. The second-order valence-electron chi connectivity index (χ2n) is 10.6. The van der Waals surface area contributed by atoms with Crippen LogP contribution in [0.4, 0.5) is 5.69 Å². The van der Waals surface area contributed by atoms with E-state index in [1.807, 2.05) is 12.1 Å². The number of rotatable bonds is 7. The summed E-state index contributed by atoms with van der Waals surface area (Å²) < 4.78 is 33.7. The van der Waals surface area contributed by atoms with E-state index in [-0.39, 0.29) is 22.0 Å². The molecule has 3 aromatic carbocycles. The fourth-order valence-electron chi connectivity index (χ4n) is 5.00. The first-order valence-electron chi connectivity index (χ1n) is 12.5. The van der Waals surface area contributed by atoms with Gasteiger partial charge in [0.2, 0.25) is 0 Å². The van der Waals surface area contributed by atoms with Crippen LogP contribution in [0, 0.1) is 5.41 Å². The second kappa shape index (κ2) is 10.0. The number of carboxylic acid groups (broad SMARTS) is 1. The molecule has 4 aromatic rings. The van der Waals surface area contributed by atoms with Gasteiger partial charge in [-0.3, -0.25) is 4.72 Å². The van der Waals surface area contributed by atoms with Gasteiger partial charge in [0.15, 0.2) is 5.03 Å². The molecule has 0 saturated heterocycles. The standard InChI is InChI=1S/C29H30N2O5S2/c1-29(2)12-10-18(11-13-29)19-4-5-21-15-22(7-6-20(21)14-19)27-30-26(17-37-27)38(34,35)31-24-9-8-23(28(32)33)16-25(24)36-3/h4-9,14-18,31H,10-13H2,1-3H3,(H,32,33). The van der Waals surface area contributed by atoms with Gasteiger partial charge >= 0.3 is 5.97 Å². The molecule has 9 heteroatoms. The van der Waals surface area contributed by atoms with Crippen molar-refractivity contribution in [1.82, 2.24) is 4.98 Å². The maximum atomic E-state index is 13.0. The number of aromatic nitrogens is 1. The molecule has 0 unspecified atom stereocenters. The molecule has 1 aromatic heterocycles. The van der Waals surface area contributed by atoms with Gasteiger partial charge in [0.1, 0.15) is 10.8 Å². The summed E-state index contributed by atoms with van der Waals surface area (Å²) in [6, 6.07) is 16.7. The van der Waals surface area contributed by atoms with E-state index in [0.29, 0.717) is 16.3 Å². The molecule has 1 fully saturated rings. The molecule has 0 aliphatic heterocycles. The number of aromatic carboxylic acids is 1. The number of nitrogens with zero attached hydrogens (tertiary/aromatic N) is 1. The third-order valence-electron chi connectivity index (χ3n) is 7.37. The Morgan fingerprint density at radius 3 is 2.47 bits per heavy atom. The smallest absolute Gasteiger partial charge is 0.335 e. The SMILES string of the molecule is COc1cc(C(=O)O)ccc1NS(=O)(=O)c1csc(-c2ccc3cc(C4CCC(C)(C)CC4)ccc3c2)n1. The van der Waals surface area contributed by atoms with Crippen molar-refractivity contribution in [3.63, 3.8) is 0 Å². The third kappa shape index (κ3) is 5.39. The number of methoxy groups -OCH3 is 1. The molecular formula is C29H30N2O5S2. The molecule has 0 bridgehead atoms. The molecule has 0 atom stereocenters. The summed E-state index contributed by atoms with van der Waals surface area (Å²) >= 11 is 1.25. The Bertz CT molecular complexity index is 1620. The van der Waals surface area contributed by atoms with Crippen LogP contribution in [0.25, 0.3) is 21.3 Å². The number of nitrogens with one attached hydrogen (secondary N) is 1. The van der Waals surface area contributed by atoms with Crippen LogP contribution in [-0.2, 0) is 10.0 Å². The van der Waals surface area contributed by atoms with Gasteiger partial charge in [-0.1, -0.05) is 44.2 Å². The van der Waals surface area contributed by atoms with E-state index in [1.54, 1.807) is 0 Å². The van der Waals surface area contributed by atoms with Gasteiger partial charge in [-0.05, 0) is 77.6 Å². The molecule has 2 N–H and O–H groups in total. The quantitative estimate of drug-likeness (QED) is 0.253. The lowest BCUT2D eigenvalue weighted by molar-refractivity contribution is 0.0696. The fraction of sp³-hybridized carbons (Fsp3) is 0.310. The largest absolute Gasteiger partial charge is 0.495 e. The van der Waals surface area contributed by atoms with Crippen molar-refractivity contribution >= 4 is 43.8 Å². The molecule has 38 heavy (non-hydrogen) atoms. The van der Waals surface area contributed by atoms with Gasteiger partial charge in [-0.2, -0.15) is 8.42 Å². The van der Waals surface area contributed by atoms with Crippen molar-refractivity contribution in [1.29, 1.82) is 0 Å². The predicted molar refractivity (Wildman–Crippen MR) is 151 cm³/mol. The zero-order valence-corrected chi connectivity index (χ0v) is 23.2. The molecule has 198 valence electrons. The number of thiazole rings is 1. The number of carbonyl (C=O) groups is 1. The topological polar surface area (TPSA) is 106 Å². The highest BCUT2D eigenvalue weighted by atomic mass is 32.2. The van der Waals surface area contributed by atoms with Crippen molar-refractivity contribution in [2.24, 2.45) is 5.41 Å². The van der Waals surface area contributed by atoms with E-state index in [4.69, 9.17) is 4.74 Å². The van der Waals surface area contributed by atoms with E-state index in [9.17, 15) is 18.3 Å². The summed E-state index contributed by atoms with van der Waals surface area (Å²) in [7, 11) is -2.67. The Morgan fingerprint density at radius 1 is 1.05 bits per heavy atom. The van der Waals surface area contributed by atoms with Crippen LogP contribution in [0.15, 0.2) is 65.0 Å². The summed E-state index contributed by atoms with van der Waals surface area (Å²) in [6.45, 7) is 4.71. The molecule has 0 spiro atoms. The average Bonchev–Trinajstić information content (AvgIpc) is 3.40. The van der Waals surface area contributed by atoms with Gasteiger partial charge in [-0.25, -0.2) is 9.78 Å². The lowest BCUT2D eigenvalue weighted by Gasteiger charge is -2.34. The molecule has 7 nitrogen and oxygen atoms in total. The number of carboxylic acids is 1. The van der Waals surface area contributed by atoms with E-state index in [1.165, 1.54) is 78.7 Å². The highest BCUT2D eigenvalue weighted by Gasteiger charge is 2.27. The minimum absolute atomic E-state index is 0.00754. The molecule has 5 rings (SSSR count). The highest BCUT2D eigenvalue weighted by Crippen LogP contribution is 2.43. The van der Waals surface area contributed by atoms with E-state index in [2.05, 4.69) is 47.8 Å². The van der Waals surface area contributed by atoms with Crippen LogP contribution in [0.5, 0.6) is 5.75 Å². The molecule has 0 radical (unpaired) electrons. The summed E-state index contributed by atoms with van der Waals surface area (Å²) in [5, 5.41) is 13.4. The number of fused-ring (bicyclic) bond motifs is 1. The van der Waals surface area contributed by atoms with Crippen LogP contribution in [-0.4, -0.2) is 31.6 Å². The Hall–Kier alpha value is -3.43. The third-order valence-corrected chi connectivity index (χ3v) is 9.66. The van der Waals surface area contributed by atoms with Crippen LogP contribution in [0.2, 0.25) is 0 Å². The average molecular weight is 551 g/mol. The number of hydrogen-bond acceptors (Lipinski definition) is 6. The first-order valence-corrected chi connectivity index (χ1v) is 14.8. The summed E-state index contributed by atoms with van der Waals surface area (Å²) in [4.78, 5) is 15.6. The number of hydrogen-bond donors (Lipinski definition) is 2. The van der Waals surface area contributed by atoms with Crippen LogP contribution < -0.4 is 9.46 Å². The zero-order valence-electron chi connectivity index (χ0n) is 21.5.